The van der Waals surface area contributed by atoms with Crippen LogP contribution in [0.1, 0.15) is 34.6 Å². The molecule has 0 aromatic heterocycles. The largest absolute Gasteiger partial charge is 0.356 e. The fourth-order valence-electron chi connectivity index (χ4n) is 0.871. The molecule has 0 aliphatic rings. The molecule has 0 spiro atoms. The fraction of sp³-hybridized carbons (Fsp3) is 0.900. The Bertz CT molecular complexity index is 161. The lowest BCUT2D eigenvalue weighted by Crippen LogP contribution is -2.41. The zero-order chi connectivity index (χ0) is 10.5. The van der Waals surface area contributed by atoms with Crippen LogP contribution in [0, 0.1) is 5.92 Å². The van der Waals surface area contributed by atoms with Crippen LogP contribution in [-0.4, -0.2) is 24.5 Å². The van der Waals surface area contributed by atoms with Crippen LogP contribution in [0.3, 0.4) is 0 Å². The molecule has 3 nitrogen and oxygen atoms in total. The second-order valence-electron chi connectivity index (χ2n) is 4.67. The molecule has 0 aliphatic carbocycles. The van der Waals surface area contributed by atoms with Crippen LogP contribution in [0.5, 0.6) is 0 Å². The van der Waals surface area contributed by atoms with E-state index in [-0.39, 0.29) is 11.4 Å². The molecule has 78 valence electrons. The van der Waals surface area contributed by atoms with Crippen LogP contribution in [-0.2, 0) is 4.79 Å². The predicted molar refractivity (Wildman–Crippen MR) is 55.6 cm³/mol. The highest BCUT2D eigenvalue weighted by molar-refractivity contribution is 5.72. The summed E-state index contributed by atoms with van der Waals surface area (Å²) in [4.78, 5) is 10.6. The molecule has 13 heavy (non-hydrogen) atoms. The minimum absolute atomic E-state index is 0.0441. The minimum atomic E-state index is 0.0441. The van der Waals surface area contributed by atoms with Crippen molar-refractivity contribution < 1.29 is 4.79 Å². The van der Waals surface area contributed by atoms with Crippen molar-refractivity contribution in [2.24, 2.45) is 5.92 Å². The van der Waals surface area contributed by atoms with E-state index >= 15 is 0 Å². The maximum absolute atomic E-state index is 10.6. The van der Waals surface area contributed by atoms with Crippen molar-refractivity contribution in [2.45, 2.75) is 40.2 Å². The smallest absolute Gasteiger partial charge is 0.216 e. The number of carbonyl (C=O) groups is 1. The van der Waals surface area contributed by atoms with Gasteiger partial charge in [0.1, 0.15) is 0 Å². The molecule has 0 aromatic carbocycles. The average molecular weight is 186 g/mol. The van der Waals surface area contributed by atoms with Crippen LogP contribution < -0.4 is 10.6 Å². The number of rotatable bonds is 4. The van der Waals surface area contributed by atoms with Crippen LogP contribution in [0.2, 0.25) is 0 Å². The van der Waals surface area contributed by atoms with Gasteiger partial charge in [-0.3, -0.25) is 4.79 Å². The third-order valence-electron chi connectivity index (χ3n) is 1.68. The summed E-state index contributed by atoms with van der Waals surface area (Å²) in [6.45, 7) is 11.8. The van der Waals surface area contributed by atoms with Crippen LogP contribution in [0.4, 0.5) is 0 Å². The average Bonchev–Trinajstić information content (AvgIpc) is 1.95. The molecular formula is C10H22N2O. The summed E-state index contributed by atoms with van der Waals surface area (Å²) in [5.41, 5.74) is 0.157. The molecule has 0 heterocycles. The number of hydrogen-bond acceptors (Lipinski definition) is 2. The Kier molecular flexibility index (Phi) is 4.99. The summed E-state index contributed by atoms with van der Waals surface area (Å²) in [6.07, 6.45) is 0. The quantitative estimate of drug-likeness (QED) is 0.691. The highest BCUT2D eigenvalue weighted by atomic mass is 16.1. The van der Waals surface area contributed by atoms with Crippen LogP contribution in [0.25, 0.3) is 0 Å². The Labute approximate surface area is 81.3 Å². The van der Waals surface area contributed by atoms with Crippen molar-refractivity contribution >= 4 is 5.91 Å². The molecule has 0 unspecified atom stereocenters. The number of nitrogens with one attached hydrogen (secondary N) is 2. The van der Waals surface area contributed by atoms with E-state index in [0.717, 1.165) is 13.1 Å². The summed E-state index contributed by atoms with van der Waals surface area (Å²) in [5.74, 6) is 0.519. The third-order valence-corrected chi connectivity index (χ3v) is 1.68. The van der Waals surface area contributed by atoms with E-state index in [1.54, 1.807) is 6.92 Å². The van der Waals surface area contributed by atoms with Gasteiger partial charge in [-0.1, -0.05) is 6.92 Å². The summed E-state index contributed by atoms with van der Waals surface area (Å²) < 4.78 is 0. The van der Waals surface area contributed by atoms with Gasteiger partial charge in [-0.2, -0.15) is 0 Å². The molecule has 0 bridgehead atoms. The third kappa shape index (κ3) is 9.34. The molecule has 1 amide bonds. The van der Waals surface area contributed by atoms with Crippen LogP contribution >= 0.6 is 0 Å². The van der Waals surface area contributed by atoms with Gasteiger partial charge in [0.2, 0.25) is 5.91 Å². The maximum atomic E-state index is 10.6. The Morgan fingerprint density at radius 2 is 1.85 bits per heavy atom. The highest BCUT2D eigenvalue weighted by Gasteiger charge is 2.10. The summed E-state index contributed by atoms with van der Waals surface area (Å²) in [5, 5.41) is 6.20. The number of amides is 1. The first-order chi connectivity index (χ1) is 5.81. The summed E-state index contributed by atoms with van der Waals surface area (Å²) in [6, 6.07) is 0. The topological polar surface area (TPSA) is 41.1 Å². The first kappa shape index (κ1) is 12.4. The fourth-order valence-corrected chi connectivity index (χ4v) is 0.871. The monoisotopic (exact) mass is 186 g/mol. The Morgan fingerprint density at radius 1 is 1.31 bits per heavy atom. The molecule has 0 rings (SSSR count). The van der Waals surface area contributed by atoms with Crippen molar-refractivity contribution in [2.75, 3.05) is 13.1 Å². The lowest BCUT2D eigenvalue weighted by molar-refractivity contribution is -0.119. The number of carbonyl (C=O) groups excluding carboxylic acids is 1. The Balaban J connectivity index is 3.52. The van der Waals surface area contributed by atoms with Crippen molar-refractivity contribution in [3.05, 3.63) is 0 Å². The minimum Gasteiger partial charge on any atom is -0.356 e. The molecule has 0 radical (unpaired) electrons. The van der Waals surface area contributed by atoms with Gasteiger partial charge >= 0.3 is 0 Å². The van der Waals surface area contributed by atoms with E-state index < -0.39 is 0 Å². The summed E-state index contributed by atoms with van der Waals surface area (Å²) >= 11 is 0. The van der Waals surface area contributed by atoms with Gasteiger partial charge in [0.15, 0.2) is 0 Å². The van der Waals surface area contributed by atoms with E-state index in [4.69, 9.17) is 0 Å². The second-order valence-corrected chi connectivity index (χ2v) is 4.67. The zero-order valence-electron chi connectivity index (χ0n) is 9.40. The standard InChI is InChI=1S/C10H22N2O/c1-8(6-11-9(2)13)7-12-10(3,4)5/h8,12H,6-7H2,1-5H3,(H,11,13)/t8-/m1/s1. The SMILES string of the molecule is CC(=O)NC[C@@H](C)CNC(C)(C)C. The van der Waals surface area contributed by atoms with Gasteiger partial charge in [0, 0.05) is 19.0 Å². The van der Waals surface area contributed by atoms with Gasteiger partial charge in [-0.25, -0.2) is 0 Å². The van der Waals surface area contributed by atoms with Gasteiger partial charge in [0.05, 0.1) is 0 Å². The van der Waals surface area contributed by atoms with Gasteiger partial charge in [-0.05, 0) is 33.2 Å². The molecule has 0 saturated heterocycles. The van der Waals surface area contributed by atoms with E-state index in [9.17, 15) is 4.79 Å². The second kappa shape index (κ2) is 5.22. The lowest BCUT2D eigenvalue weighted by atomic mass is 10.1. The van der Waals surface area contributed by atoms with Crippen molar-refractivity contribution in [1.82, 2.24) is 10.6 Å². The predicted octanol–water partition coefficient (Wildman–Crippen LogP) is 1.15. The van der Waals surface area contributed by atoms with Gasteiger partial charge in [0.25, 0.3) is 0 Å². The summed E-state index contributed by atoms with van der Waals surface area (Å²) in [7, 11) is 0. The Morgan fingerprint density at radius 3 is 2.23 bits per heavy atom. The molecule has 3 heteroatoms. The van der Waals surface area contributed by atoms with E-state index in [2.05, 4.69) is 38.3 Å². The van der Waals surface area contributed by atoms with Gasteiger partial charge < -0.3 is 10.6 Å². The molecule has 0 saturated carbocycles. The molecule has 0 aliphatic heterocycles. The van der Waals surface area contributed by atoms with Crippen LogP contribution in [0.15, 0.2) is 0 Å². The normalized spacial score (nSPS) is 13.9. The number of hydrogen-bond donors (Lipinski definition) is 2. The molecule has 2 N–H and O–H groups in total. The first-order valence-electron chi connectivity index (χ1n) is 4.81. The highest BCUT2D eigenvalue weighted by Crippen LogP contribution is 2.00. The molecule has 0 aromatic rings. The molecular weight excluding hydrogens is 164 g/mol. The lowest BCUT2D eigenvalue weighted by Gasteiger charge is -2.23. The molecule has 0 fully saturated rings. The van der Waals surface area contributed by atoms with E-state index in [0.29, 0.717) is 5.92 Å². The first-order valence-corrected chi connectivity index (χ1v) is 4.81. The van der Waals surface area contributed by atoms with Crippen molar-refractivity contribution in [3.8, 4) is 0 Å². The van der Waals surface area contributed by atoms with Crippen molar-refractivity contribution in [1.29, 1.82) is 0 Å². The van der Waals surface area contributed by atoms with E-state index in [1.807, 2.05) is 0 Å². The molecule has 1 atom stereocenters. The Hall–Kier alpha value is -0.570. The van der Waals surface area contributed by atoms with Gasteiger partial charge in [-0.15, -0.1) is 0 Å². The van der Waals surface area contributed by atoms with E-state index in [1.165, 1.54) is 0 Å². The zero-order valence-corrected chi connectivity index (χ0v) is 9.40. The van der Waals surface area contributed by atoms with Crippen molar-refractivity contribution in [3.63, 3.8) is 0 Å². The maximum Gasteiger partial charge on any atom is 0.216 e.